The second kappa shape index (κ2) is 9.07. The minimum Gasteiger partial charge on any atom is -0.378 e. The first-order chi connectivity index (χ1) is 7.83. The second-order valence-corrected chi connectivity index (χ2v) is 5.35. The first-order valence-electron chi connectivity index (χ1n) is 5.95. The van der Waals surface area contributed by atoms with Crippen molar-refractivity contribution in [3.05, 3.63) is 0 Å². The van der Waals surface area contributed by atoms with Gasteiger partial charge in [0.2, 0.25) is 0 Å². The summed E-state index contributed by atoms with van der Waals surface area (Å²) in [6.07, 6.45) is 7.21. The van der Waals surface area contributed by atoms with E-state index in [1.165, 1.54) is 18.6 Å². The third-order valence-corrected chi connectivity index (χ3v) is 3.57. The molecule has 0 bridgehead atoms. The average Bonchev–Trinajstić information content (AvgIpc) is 2.77. The van der Waals surface area contributed by atoms with Gasteiger partial charge in [-0.05, 0) is 49.9 Å². The summed E-state index contributed by atoms with van der Waals surface area (Å²) in [6, 6.07) is 0. The molecule has 1 heterocycles. The Bertz CT molecular complexity index is 196. The fraction of sp³-hybridized carbons (Fsp3) is 0.909. The van der Waals surface area contributed by atoms with E-state index >= 15 is 0 Å². The van der Waals surface area contributed by atoms with Crippen LogP contribution >= 0.6 is 24.0 Å². The molecule has 5 heteroatoms. The van der Waals surface area contributed by atoms with Crippen molar-refractivity contribution in [2.45, 2.75) is 31.8 Å². The van der Waals surface area contributed by atoms with Crippen LogP contribution < -0.4 is 10.6 Å². The van der Waals surface area contributed by atoms with Crippen LogP contribution in [-0.2, 0) is 4.74 Å². The Morgan fingerprint density at radius 1 is 1.44 bits per heavy atom. The van der Waals surface area contributed by atoms with Crippen LogP contribution in [0.15, 0.2) is 0 Å². The van der Waals surface area contributed by atoms with Crippen molar-refractivity contribution < 1.29 is 4.74 Å². The predicted molar refractivity (Wildman–Crippen MR) is 75.2 cm³/mol. The van der Waals surface area contributed by atoms with Gasteiger partial charge < -0.3 is 15.4 Å². The van der Waals surface area contributed by atoms with Gasteiger partial charge in [0, 0.05) is 19.7 Å². The Morgan fingerprint density at radius 2 is 2.25 bits per heavy atom. The minimum absolute atomic E-state index is 0.451. The molecule has 1 unspecified atom stereocenters. The van der Waals surface area contributed by atoms with Crippen LogP contribution in [-0.4, -0.2) is 42.9 Å². The molecule has 1 aliphatic rings. The lowest BCUT2D eigenvalue weighted by molar-refractivity contribution is 0.105. The van der Waals surface area contributed by atoms with Gasteiger partial charge in [-0.1, -0.05) is 0 Å². The fourth-order valence-electron chi connectivity index (χ4n) is 1.70. The molecule has 0 aliphatic carbocycles. The Labute approximate surface area is 108 Å². The summed E-state index contributed by atoms with van der Waals surface area (Å²) in [4.78, 5) is 0. The number of thioether (sulfide) groups is 1. The molecule has 1 aliphatic heterocycles. The molecule has 1 fully saturated rings. The molecule has 0 saturated carbocycles. The van der Waals surface area contributed by atoms with Gasteiger partial charge in [-0.2, -0.15) is 11.8 Å². The maximum Gasteiger partial charge on any atom is 0.166 e. The third kappa shape index (κ3) is 6.55. The molecule has 16 heavy (non-hydrogen) atoms. The van der Waals surface area contributed by atoms with E-state index in [0.717, 1.165) is 37.7 Å². The highest BCUT2D eigenvalue weighted by Crippen LogP contribution is 2.14. The van der Waals surface area contributed by atoms with Crippen molar-refractivity contribution in [1.29, 1.82) is 0 Å². The lowest BCUT2D eigenvalue weighted by Crippen LogP contribution is -2.37. The van der Waals surface area contributed by atoms with Crippen LogP contribution in [0.2, 0.25) is 0 Å². The Kier molecular flexibility index (Phi) is 7.98. The molecule has 0 amide bonds. The van der Waals surface area contributed by atoms with Crippen molar-refractivity contribution in [2.24, 2.45) is 0 Å². The van der Waals surface area contributed by atoms with E-state index in [9.17, 15) is 0 Å². The number of nitrogens with one attached hydrogen (secondary N) is 2. The Balaban J connectivity index is 1.89. The molecule has 3 nitrogen and oxygen atoms in total. The van der Waals surface area contributed by atoms with E-state index in [0.29, 0.717) is 6.10 Å². The van der Waals surface area contributed by atoms with Crippen LogP contribution in [0, 0.1) is 0 Å². The van der Waals surface area contributed by atoms with E-state index in [2.05, 4.69) is 16.9 Å². The van der Waals surface area contributed by atoms with E-state index in [4.69, 9.17) is 17.0 Å². The van der Waals surface area contributed by atoms with E-state index in [1.54, 1.807) is 0 Å². The number of hydrogen-bond donors (Lipinski definition) is 2. The summed E-state index contributed by atoms with van der Waals surface area (Å²) in [5, 5.41) is 7.21. The molecule has 1 rings (SSSR count). The highest BCUT2D eigenvalue weighted by Gasteiger charge is 2.14. The summed E-state index contributed by atoms with van der Waals surface area (Å²) in [7, 11) is 0. The molecule has 1 saturated heterocycles. The SMILES string of the molecule is CSCCCNC(=S)NCCC1CCCO1. The zero-order valence-electron chi connectivity index (χ0n) is 9.96. The van der Waals surface area contributed by atoms with Crippen LogP contribution in [0.25, 0.3) is 0 Å². The topological polar surface area (TPSA) is 33.3 Å². The molecule has 0 spiro atoms. The molecule has 2 N–H and O–H groups in total. The Hall–Kier alpha value is -0.0000000000000000486. The van der Waals surface area contributed by atoms with Crippen molar-refractivity contribution in [3.63, 3.8) is 0 Å². The summed E-state index contributed by atoms with van der Waals surface area (Å²) < 4.78 is 5.54. The normalized spacial score (nSPS) is 19.7. The number of hydrogen-bond acceptors (Lipinski definition) is 3. The highest BCUT2D eigenvalue weighted by molar-refractivity contribution is 7.98. The van der Waals surface area contributed by atoms with Gasteiger partial charge >= 0.3 is 0 Å². The van der Waals surface area contributed by atoms with Gasteiger partial charge in [0.25, 0.3) is 0 Å². The lowest BCUT2D eigenvalue weighted by Gasteiger charge is -2.12. The number of thiocarbonyl (C=S) groups is 1. The van der Waals surface area contributed by atoms with Gasteiger partial charge in [-0.25, -0.2) is 0 Å². The van der Waals surface area contributed by atoms with Crippen molar-refractivity contribution in [3.8, 4) is 0 Å². The lowest BCUT2D eigenvalue weighted by atomic mass is 10.2. The first kappa shape index (κ1) is 14.1. The summed E-state index contributed by atoms with van der Waals surface area (Å²) in [5.74, 6) is 1.19. The largest absolute Gasteiger partial charge is 0.378 e. The van der Waals surface area contributed by atoms with Gasteiger partial charge in [0.15, 0.2) is 5.11 Å². The van der Waals surface area contributed by atoms with Crippen LogP contribution in [0.5, 0.6) is 0 Å². The first-order valence-corrected chi connectivity index (χ1v) is 7.75. The fourth-order valence-corrected chi connectivity index (χ4v) is 2.34. The maximum atomic E-state index is 5.54. The molecule has 0 aromatic carbocycles. The smallest absolute Gasteiger partial charge is 0.166 e. The van der Waals surface area contributed by atoms with Gasteiger partial charge in [-0.3, -0.25) is 0 Å². The van der Waals surface area contributed by atoms with Crippen LogP contribution in [0.1, 0.15) is 25.7 Å². The molecule has 0 radical (unpaired) electrons. The summed E-state index contributed by atoms with van der Waals surface area (Å²) in [6.45, 7) is 2.81. The second-order valence-electron chi connectivity index (χ2n) is 3.95. The zero-order valence-corrected chi connectivity index (χ0v) is 11.6. The van der Waals surface area contributed by atoms with Crippen molar-refractivity contribution >= 4 is 29.1 Å². The van der Waals surface area contributed by atoms with Gasteiger partial charge in [-0.15, -0.1) is 0 Å². The van der Waals surface area contributed by atoms with Crippen molar-refractivity contribution in [2.75, 3.05) is 31.7 Å². The number of ether oxygens (including phenoxy) is 1. The van der Waals surface area contributed by atoms with Gasteiger partial charge in [0.1, 0.15) is 0 Å². The molecule has 94 valence electrons. The zero-order chi connectivity index (χ0) is 11.6. The molecular formula is C11H22N2OS2. The highest BCUT2D eigenvalue weighted by atomic mass is 32.2. The van der Waals surface area contributed by atoms with Crippen molar-refractivity contribution in [1.82, 2.24) is 10.6 Å². The van der Waals surface area contributed by atoms with Gasteiger partial charge in [0.05, 0.1) is 6.10 Å². The van der Waals surface area contributed by atoms with E-state index < -0.39 is 0 Å². The number of rotatable bonds is 7. The summed E-state index contributed by atoms with van der Waals surface area (Å²) >= 11 is 7.04. The molecular weight excluding hydrogens is 240 g/mol. The Morgan fingerprint density at radius 3 is 2.94 bits per heavy atom. The quantitative estimate of drug-likeness (QED) is 0.540. The molecule has 0 aromatic rings. The van der Waals surface area contributed by atoms with E-state index in [-0.39, 0.29) is 0 Å². The predicted octanol–water partition coefficient (Wildman–Crippen LogP) is 1.77. The maximum absolute atomic E-state index is 5.54. The van der Waals surface area contributed by atoms with Crippen LogP contribution in [0.4, 0.5) is 0 Å². The monoisotopic (exact) mass is 262 g/mol. The molecule has 1 atom stereocenters. The third-order valence-electron chi connectivity index (χ3n) is 2.59. The van der Waals surface area contributed by atoms with E-state index in [1.807, 2.05) is 11.8 Å². The minimum atomic E-state index is 0.451. The average molecular weight is 262 g/mol. The molecule has 0 aromatic heterocycles. The van der Waals surface area contributed by atoms with Crippen LogP contribution in [0.3, 0.4) is 0 Å². The standard InChI is InChI=1S/C11H22N2OS2/c1-16-9-3-6-12-11(15)13-7-5-10-4-2-8-14-10/h10H,2-9H2,1H3,(H2,12,13,15). The summed E-state index contributed by atoms with van der Waals surface area (Å²) in [5.41, 5.74) is 0.